The highest BCUT2D eigenvalue weighted by atomic mass is 35.5. The van der Waals surface area contributed by atoms with E-state index in [1.165, 1.54) is 0 Å². The van der Waals surface area contributed by atoms with Crippen molar-refractivity contribution < 1.29 is 4.74 Å². The molecule has 4 nitrogen and oxygen atoms in total. The highest BCUT2D eigenvalue weighted by Gasteiger charge is 2.11. The molecule has 1 N–H and O–H groups in total. The van der Waals surface area contributed by atoms with Gasteiger partial charge in [-0.1, -0.05) is 35.9 Å². The molecule has 0 fully saturated rings. The first kappa shape index (κ1) is 19.9. The normalized spacial score (nSPS) is 10.4. The number of nitrogens with one attached hydrogen (secondary N) is 1. The molecule has 0 saturated heterocycles. The lowest BCUT2D eigenvalue weighted by Gasteiger charge is -2.14. The van der Waals surface area contributed by atoms with Crippen LogP contribution in [-0.2, 0) is 0 Å². The molecular formula is C22H19Cl2N3O. The van der Waals surface area contributed by atoms with Crippen LogP contribution in [0.25, 0.3) is 22.3 Å². The van der Waals surface area contributed by atoms with Gasteiger partial charge in [0.1, 0.15) is 11.6 Å². The van der Waals surface area contributed by atoms with E-state index in [-0.39, 0.29) is 12.4 Å². The number of fused-ring (bicyclic) bond motifs is 1. The summed E-state index contributed by atoms with van der Waals surface area (Å²) in [5, 5.41) is 5.05. The number of benzene rings is 3. The molecule has 0 unspecified atom stereocenters. The molecule has 142 valence electrons. The molecule has 3 aromatic carbocycles. The quantitative estimate of drug-likeness (QED) is 0.406. The van der Waals surface area contributed by atoms with Gasteiger partial charge in [-0.25, -0.2) is 9.97 Å². The number of nitrogens with zero attached hydrogens (tertiary/aromatic N) is 2. The molecule has 0 amide bonds. The van der Waals surface area contributed by atoms with Crippen molar-refractivity contribution in [2.75, 3.05) is 11.9 Å². The fourth-order valence-electron chi connectivity index (χ4n) is 2.88. The largest absolute Gasteiger partial charge is 0.492 e. The van der Waals surface area contributed by atoms with Crippen LogP contribution in [0.15, 0.2) is 72.8 Å². The predicted molar refractivity (Wildman–Crippen MR) is 118 cm³/mol. The Bertz CT molecular complexity index is 1080. The molecule has 0 aliphatic heterocycles. The lowest BCUT2D eigenvalue weighted by Crippen LogP contribution is -2.02. The van der Waals surface area contributed by atoms with E-state index in [1.54, 1.807) is 0 Å². The van der Waals surface area contributed by atoms with Gasteiger partial charge in [0.25, 0.3) is 0 Å². The number of aromatic nitrogens is 2. The highest BCUT2D eigenvalue weighted by molar-refractivity contribution is 6.30. The number of hydrogen-bond acceptors (Lipinski definition) is 4. The predicted octanol–water partition coefficient (Wildman–Crippen LogP) is 6.51. The summed E-state index contributed by atoms with van der Waals surface area (Å²) in [6.07, 6.45) is 0. The Hall–Kier alpha value is -2.82. The zero-order chi connectivity index (χ0) is 18.6. The average Bonchev–Trinajstić information content (AvgIpc) is 2.70. The van der Waals surface area contributed by atoms with E-state index in [1.807, 2.05) is 79.7 Å². The Balaban J connectivity index is 0.00000225. The van der Waals surface area contributed by atoms with E-state index in [4.69, 9.17) is 26.3 Å². The molecule has 0 bridgehead atoms. The molecule has 0 spiro atoms. The van der Waals surface area contributed by atoms with Crippen LogP contribution in [-0.4, -0.2) is 16.6 Å². The van der Waals surface area contributed by atoms with Crippen LogP contribution in [0.3, 0.4) is 0 Å². The molecule has 0 atom stereocenters. The summed E-state index contributed by atoms with van der Waals surface area (Å²) in [6.45, 7) is 2.56. The lowest BCUT2D eigenvalue weighted by atomic mass is 10.1. The van der Waals surface area contributed by atoms with Crippen molar-refractivity contribution in [2.45, 2.75) is 6.92 Å². The van der Waals surface area contributed by atoms with Gasteiger partial charge in [-0.2, -0.15) is 0 Å². The van der Waals surface area contributed by atoms with E-state index >= 15 is 0 Å². The summed E-state index contributed by atoms with van der Waals surface area (Å²) in [5.74, 6) is 2.16. The highest BCUT2D eigenvalue weighted by Crippen LogP contribution is 2.31. The first-order chi connectivity index (χ1) is 13.2. The fourth-order valence-corrected chi connectivity index (χ4v) is 3.00. The smallest absolute Gasteiger partial charge is 0.162 e. The zero-order valence-electron chi connectivity index (χ0n) is 15.2. The summed E-state index contributed by atoms with van der Waals surface area (Å²) in [4.78, 5) is 9.49. The second-order valence-electron chi connectivity index (χ2n) is 5.97. The van der Waals surface area contributed by atoms with Crippen LogP contribution < -0.4 is 10.1 Å². The minimum absolute atomic E-state index is 0. The van der Waals surface area contributed by atoms with Gasteiger partial charge in [0.05, 0.1) is 17.8 Å². The summed E-state index contributed by atoms with van der Waals surface area (Å²) < 4.78 is 5.73. The van der Waals surface area contributed by atoms with Crippen molar-refractivity contribution in [1.29, 1.82) is 0 Å². The minimum Gasteiger partial charge on any atom is -0.492 e. The van der Waals surface area contributed by atoms with Crippen molar-refractivity contribution in [1.82, 2.24) is 9.97 Å². The second kappa shape index (κ2) is 8.91. The maximum atomic E-state index is 6.01. The third kappa shape index (κ3) is 4.19. The van der Waals surface area contributed by atoms with E-state index in [0.717, 1.165) is 33.7 Å². The number of anilines is 2. The Labute approximate surface area is 175 Å². The van der Waals surface area contributed by atoms with Crippen molar-refractivity contribution in [3.63, 3.8) is 0 Å². The lowest BCUT2D eigenvalue weighted by molar-refractivity contribution is 0.342. The van der Waals surface area contributed by atoms with Gasteiger partial charge in [0.15, 0.2) is 5.82 Å². The van der Waals surface area contributed by atoms with Crippen LogP contribution in [0, 0.1) is 0 Å². The molecule has 4 aromatic rings. The summed E-state index contributed by atoms with van der Waals surface area (Å²) >= 11 is 6.01. The molecule has 0 saturated carbocycles. The fraction of sp³-hybridized carbons (Fsp3) is 0.0909. The maximum Gasteiger partial charge on any atom is 0.162 e. The molecule has 0 radical (unpaired) electrons. The molecular weight excluding hydrogens is 393 g/mol. The third-order valence-electron chi connectivity index (χ3n) is 4.15. The molecule has 4 rings (SSSR count). The summed E-state index contributed by atoms with van der Waals surface area (Å²) in [5.41, 5.74) is 2.64. The molecule has 6 heteroatoms. The van der Waals surface area contributed by atoms with Crippen molar-refractivity contribution in [2.24, 2.45) is 0 Å². The topological polar surface area (TPSA) is 47.0 Å². The maximum absolute atomic E-state index is 6.01. The van der Waals surface area contributed by atoms with Crippen LogP contribution in [0.5, 0.6) is 5.75 Å². The van der Waals surface area contributed by atoms with Crippen LogP contribution >= 0.6 is 24.0 Å². The summed E-state index contributed by atoms with van der Waals surface area (Å²) in [7, 11) is 0. The van der Waals surface area contributed by atoms with Crippen molar-refractivity contribution >= 4 is 46.4 Å². The molecule has 28 heavy (non-hydrogen) atoms. The number of para-hydroxylation sites is 3. The monoisotopic (exact) mass is 411 g/mol. The van der Waals surface area contributed by atoms with Crippen LogP contribution in [0.2, 0.25) is 5.02 Å². The number of hydrogen-bond donors (Lipinski definition) is 1. The van der Waals surface area contributed by atoms with Gasteiger partial charge in [-0.3, -0.25) is 0 Å². The Kier molecular flexibility index (Phi) is 6.34. The Morgan fingerprint density at radius 3 is 2.39 bits per heavy atom. The third-order valence-corrected chi connectivity index (χ3v) is 4.40. The van der Waals surface area contributed by atoms with Crippen LogP contribution in [0.4, 0.5) is 11.5 Å². The standard InChI is InChI=1S/C22H18ClN3O.ClH/c1-2-27-20-10-6-5-9-19(20)25-22-17-7-3-4-8-18(17)24-21(26-22)15-11-13-16(23)14-12-15;/h3-14H,2H2,1H3,(H,24,25,26);1H. The minimum atomic E-state index is 0. The van der Waals surface area contributed by atoms with Crippen molar-refractivity contribution in [3.05, 3.63) is 77.8 Å². The number of ether oxygens (including phenoxy) is 1. The van der Waals surface area contributed by atoms with Crippen molar-refractivity contribution in [3.8, 4) is 17.1 Å². The van der Waals surface area contributed by atoms with Gasteiger partial charge in [0, 0.05) is 16.0 Å². The van der Waals surface area contributed by atoms with Gasteiger partial charge in [-0.15, -0.1) is 12.4 Å². The molecule has 1 heterocycles. The van der Waals surface area contributed by atoms with E-state index in [2.05, 4.69) is 5.32 Å². The van der Waals surface area contributed by atoms with Crippen LogP contribution in [0.1, 0.15) is 6.92 Å². The average molecular weight is 412 g/mol. The van der Waals surface area contributed by atoms with E-state index < -0.39 is 0 Å². The first-order valence-electron chi connectivity index (χ1n) is 8.76. The number of rotatable bonds is 5. The SMILES string of the molecule is CCOc1ccccc1Nc1nc(-c2ccc(Cl)cc2)nc2ccccc12.Cl. The molecule has 1 aromatic heterocycles. The molecule has 0 aliphatic carbocycles. The Morgan fingerprint density at radius 1 is 0.893 bits per heavy atom. The van der Waals surface area contributed by atoms with E-state index in [0.29, 0.717) is 17.5 Å². The van der Waals surface area contributed by atoms with Gasteiger partial charge >= 0.3 is 0 Å². The van der Waals surface area contributed by atoms with E-state index in [9.17, 15) is 0 Å². The zero-order valence-corrected chi connectivity index (χ0v) is 16.8. The summed E-state index contributed by atoms with van der Waals surface area (Å²) in [6, 6.07) is 23.3. The molecule has 0 aliphatic rings. The van der Waals surface area contributed by atoms with Gasteiger partial charge in [-0.05, 0) is 55.5 Å². The van der Waals surface area contributed by atoms with Gasteiger partial charge < -0.3 is 10.1 Å². The first-order valence-corrected chi connectivity index (χ1v) is 9.14. The number of halogens is 2. The second-order valence-corrected chi connectivity index (χ2v) is 6.41. The Morgan fingerprint density at radius 2 is 1.61 bits per heavy atom. The van der Waals surface area contributed by atoms with Gasteiger partial charge in [0.2, 0.25) is 0 Å².